The highest BCUT2D eigenvalue weighted by Crippen LogP contribution is 2.30. The fraction of sp³-hybridized carbons (Fsp3) is 0.0769. The number of carboxylic acids is 1. The average molecular weight is 297 g/mol. The molecule has 0 aliphatic rings. The van der Waals surface area contributed by atoms with Crippen molar-refractivity contribution in [2.75, 3.05) is 5.73 Å². The minimum atomic E-state index is -0.987. The second-order valence-corrected chi connectivity index (χ2v) is 4.77. The number of benzene rings is 1. The summed E-state index contributed by atoms with van der Waals surface area (Å²) in [4.78, 5) is 15.0. The quantitative estimate of drug-likeness (QED) is 0.911. The predicted molar refractivity (Wildman–Crippen MR) is 75.4 cm³/mol. The number of aliphatic carboxylic acids is 1. The molecule has 0 atom stereocenters. The minimum Gasteiger partial charge on any atom is -0.481 e. The standard InChI is InChI=1S/C13H10Cl2N2O2/c14-7-1-2-8(9(15)5-7)11-4-3-10(16)12(17-11)6-13(18)19/h1-5H,6,16H2,(H,18,19). The van der Waals surface area contributed by atoms with Crippen LogP contribution < -0.4 is 5.73 Å². The zero-order valence-electron chi connectivity index (χ0n) is 9.73. The van der Waals surface area contributed by atoms with Gasteiger partial charge in [-0.2, -0.15) is 0 Å². The van der Waals surface area contributed by atoms with Gasteiger partial charge in [-0.15, -0.1) is 0 Å². The third kappa shape index (κ3) is 3.16. The molecule has 3 N–H and O–H groups in total. The first-order valence-corrected chi connectivity index (χ1v) is 6.15. The van der Waals surface area contributed by atoms with Crippen LogP contribution in [-0.2, 0) is 11.2 Å². The molecule has 1 heterocycles. The molecule has 0 spiro atoms. The van der Waals surface area contributed by atoms with Crippen molar-refractivity contribution in [2.24, 2.45) is 0 Å². The van der Waals surface area contributed by atoms with E-state index in [1.165, 1.54) is 0 Å². The van der Waals surface area contributed by atoms with Gasteiger partial charge >= 0.3 is 5.97 Å². The summed E-state index contributed by atoms with van der Waals surface area (Å²) in [7, 11) is 0. The lowest BCUT2D eigenvalue weighted by Gasteiger charge is -2.08. The molecule has 19 heavy (non-hydrogen) atoms. The SMILES string of the molecule is Nc1ccc(-c2ccc(Cl)cc2Cl)nc1CC(=O)O. The van der Waals surface area contributed by atoms with E-state index < -0.39 is 5.97 Å². The van der Waals surface area contributed by atoms with E-state index in [2.05, 4.69) is 4.98 Å². The molecule has 1 aromatic carbocycles. The Morgan fingerprint density at radius 1 is 1.26 bits per heavy atom. The van der Waals surface area contributed by atoms with Crippen molar-refractivity contribution in [1.29, 1.82) is 0 Å². The maximum atomic E-state index is 10.7. The number of anilines is 1. The summed E-state index contributed by atoms with van der Waals surface area (Å²) >= 11 is 11.9. The zero-order valence-corrected chi connectivity index (χ0v) is 11.2. The Kier molecular flexibility index (Phi) is 3.93. The summed E-state index contributed by atoms with van der Waals surface area (Å²) in [6.07, 6.45) is -0.231. The summed E-state index contributed by atoms with van der Waals surface area (Å²) in [6.45, 7) is 0. The molecule has 0 saturated carbocycles. The number of carboxylic acid groups (broad SMARTS) is 1. The van der Waals surface area contributed by atoms with Crippen molar-refractivity contribution in [1.82, 2.24) is 4.98 Å². The third-order valence-electron chi connectivity index (χ3n) is 2.54. The van der Waals surface area contributed by atoms with Crippen LogP contribution in [0.2, 0.25) is 10.0 Å². The van der Waals surface area contributed by atoms with Crippen LogP contribution in [0.4, 0.5) is 5.69 Å². The second-order valence-electron chi connectivity index (χ2n) is 3.93. The van der Waals surface area contributed by atoms with E-state index in [0.29, 0.717) is 32.7 Å². The van der Waals surface area contributed by atoms with Crippen molar-refractivity contribution in [3.8, 4) is 11.3 Å². The maximum absolute atomic E-state index is 10.7. The summed E-state index contributed by atoms with van der Waals surface area (Å²) in [6, 6.07) is 8.33. The first kappa shape index (κ1) is 13.6. The highest BCUT2D eigenvalue weighted by atomic mass is 35.5. The van der Waals surface area contributed by atoms with Gasteiger partial charge in [-0.1, -0.05) is 23.2 Å². The second kappa shape index (κ2) is 5.47. The summed E-state index contributed by atoms with van der Waals surface area (Å²) in [5.74, 6) is -0.987. The van der Waals surface area contributed by atoms with E-state index in [-0.39, 0.29) is 6.42 Å². The van der Waals surface area contributed by atoms with E-state index in [4.69, 9.17) is 34.0 Å². The molecule has 0 saturated heterocycles. The number of nitrogens with two attached hydrogens (primary N) is 1. The van der Waals surface area contributed by atoms with Gasteiger partial charge in [0.15, 0.2) is 0 Å². The largest absolute Gasteiger partial charge is 0.481 e. The number of nitrogens with zero attached hydrogens (tertiary/aromatic N) is 1. The number of halogens is 2. The molecule has 0 aliphatic heterocycles. The van der Waals surface area contributed by atoms with Crippen LogP contribution in [0, 0.1) is 0 Å². The molecule has 0 amide bonds. The number of hydrogen-bond acceptors (Lipinski definition) is 3. The number of pyridine rings is 1. The van der Waals surface area contributed by atoms with Gasteiger partial charge in [-0.05, 0) is 30.3 Å². The van der Waals surface area contributed by atoms with E-state index in [1.807, 2.05) is 0 Å². The van der Waals surface area contributed by atoms with Crippen LogP contribution in [0.25, 0.3) is 11.3 Å². The lowest BCUT2D eigenvalue weighted by Crippen LogP contribution is -2.06. The smallest absolute Gasteiger partial charge is 0.309 e. The number of aromatic nitrogens is 1. The fourth-order valence-corrected chi connectivity index (χ4v) is 2.15. The van der Waals surface area contributed by atoms with Crippen LogP contribution in [-0.4, -0.2) is 16.1 Å². The van der Waals surface area contributed by atoms with E-state index in [0.717, 1.165) is 0 Å². The lowest BCUT2D eigenvalue weighted by molar-refractivity contribution is -0.136. The van der Waals surface area contributed by atoms with E-state index >= 15 is 0 Å². The molecule has 0 fully saturated rings. The first-order valence-electron chi connectivity index (χ1n) is 5.40. The molecule has 2 rings (SSSR count). The molecule has 0 unspecified atom stereocenters. The monoisotopic (exact) mass is 296 g/mol. The van der Waals surface area contributed by atoms with Gasteiger partial charge in [-0.3, -0.25) is 9.78 Å². The topological polar surface area (TPSA) is 76.2 Å². The van der Waals surface area contributed by atoms with Gasteiger partial charge in [0.25, 0.3) is 0 Å². The molecule has 98 valence electrons. The van der Waals surface area contributed by atoms with Crippen LogP contribution >= 0.6 is 23.2 Å². The number of hydrogen-bond donors (Lipinski definition) is 2. The van der Waals surface area contributed by atoms with Crippen molar-refractivity contribution in [2.45, 2.75) is 6.42 Å². The number of rotatable bonds is 3. The van der Waals surface area contributed by atoms with E-state index in [1.54, 1.807) is 30.3 Å². The van der Waals surface area contributed by atoms with Crippen LogP contribution in [0.15, 0.2) is 30.3 Å². The lowest BCUT2D eigenvalue weighted by atomic mass is 10.1. The molecular weight excluding hydrogens is 287 g/mol. The Balaban J connectivity index is 2.48. The summed E-state index contributed by atoms with van der Waals surface area (Å²) in [5.41, 5.74) is 7.60. The third-order valence-corrected chi connectivity index (χ3v) is 3.08. The van der Waals surface area contributed by atoms with Gasteiger partial charge in [0.1, 0.15) is 0 Å². The van der Waals surface area contributed by atoms with Gasteiger partial charge in [0.2, 0.25) is 0 Å². The van der Waals surface area contributed by atoms with Crippen molar-refractivity contribution >= 4 is 34.9 Å². The predicted octanol–water partition coefficient (Wildman–Crippen LogP) is 3.26. The fourth-order valence-electron chi connectivity index (χ4n) is 1.64. The Hall–Kier alpha value is -1.78. The molecule has 0 aliphatic carbocycles. The van der Waals surface area contributed by atoms with Crippen molar-refractivity contribution < 1.29 is 9.90 Å². The molecule has 1 aromatic heterocycles. The molecule has 0 bridgehead atoms. The number of carbonyl (C=O) groups is 1. The van der Waals surface area contributed by atoms with Crippen molar-refractivity contribution in [3.63, 3.8) is 0 Å². The highest BCUT2D eigenvalue weighted by molar-refractivity contribution is 6.36. The van der Waals surface area contributed by atoms with E-state index in [9.17, 15) is 4.79 Å². The number of nitrogen functional groups attached to an aromatic ring is 1. The Morgan fingerprint density at radius 3 is 2.63 bits per heavy atom. The zero-order chi connectivity index (χ0) is 14.0. The molecule has 2 aromatic rings. The molecular formula is C13H10Cl2N2O2. The van der Waals surface area contributed by atoms with Crippen LogP contribution in [0.3, 0.4) is 0 Å². The van der Waals surface area contributed by atoms with Gasteiger partial charge in [0.05, 0.1) is 28.5 Å². The Morgan fingerprint density at radius 2 is 2.00 bits per heavy atom. The maximum Gasteiger partial charge on any atom is 0.309 e. The molecule has 0 radical (unpaired) electrons. The Bertz CT molecular complexity index is 645. The average Bonchev–Trinajstić information content (AvgIpc) is 2.32. The highest BCUT2D eigenvalue weighted by Gasteiger charge is 2.11. The summed E-state index contributed by atoms with van der Waals surface area (Å²) in [5, 5.41) is 9.78. The first-order chi connectivity index (χ1) is 8.97. The summed E-state index contributed by atoms with van der Waals surface area (Å²) < 4.78 is 0. The van der Waals surface area contributed by atoms with Gasteiger partial charge in [-0.25, -0.2) is 0 Å². The van der Waals surface area contributed by atoms with Gasteiger partial charge < -0.3 is 10.8 Å². The van der Waals surface area contributed by atoms with Crippen LogP contribution in [0.5, 0.6) is 0 Å². The Labute approximate surface area is 119 Å². The molecule has 6 heteroatoms. The normalized spacial score (nSPS) is 10.4. The van der Waals surface area contributed by atoms with Crippen molar-refractivity contribution in [3.05, 3.63) is 46.1 Å². The van der Waals surface area contributed by atoms with Crippen LogP contribution in [0.1, 0.15) is 5.69 Å². The minimum absolute atomic E-state index is 0.231. The molecule has 4 nitrogen and oxygen atoms in total. The van der Waals surface area contributed by atoms with Gasteiger partial charge in [0, 0.05) is 10.6 Å².